The molecule has 3 nitrogen and oxygen atoms in total. The molecular formula is C16H20N2OS. The van der Waals surface area contributed by atoms with E-state index >= 15 is 0 Å². The molecule has 0 radical (unpaired) electrons. The second-order valence-corrected chi connectivity index (χ2v) is 6.46. The topological polar surface area (TPSA) is 46.3 Å². The maximum Gasteiger partial charge on any atom is 0.264 e. The Morgan fingerprint density at radius 1 is 1.35 bits per heavy atom. The molecule has 1 fully saturated rings. The first-order valence-electron chi connectivity index (χ1n) is 7.29. The van der Waals surface area contributed by atoms with Crippen molar-refractivity contribution in [3.05, 3.63) is 35.2 Å². The van der Waals surface area contributed by atoms with Crippen molar-refractivity contribution in [1.29, 1.82) is 0 Å². The summed E-state index contributed by atoms with van der Waals surface area (Å²) in [5, 5.41) is 1.16. The summed E-state index contributed by atoms with van der Waals surface area (Å²) >= 11 is 1.60. The predicted molar refractivity (Wildman–Crippen MR) is 84.2 cm³/mol. The average molecular weight is 288 g/mol. The molecule has 1 atom stereocenters. The Balaban J connectivity index is 1.86. The second kappa shape index (κ2) is 5.94. The van der Waals surface area contributed by atoms with Gasteiger partial charge in [0.2, 0.25) is 0 Å². The number of piperidine rings is 1. The molecule has 1 aromatic carbocycles. The summed E-state index contributed by atoms with van der Waals surface area (Å²) in [6.45, 7) is 1.53. The minimum Gasteiger partial charge on any atom is -0.335 e. The van der Waals surface area contributed by atoms with Crippen LogP contribution in [0.3, 0.4) is 0 Å². The smallest absolute Gasteiger partial charge is 0.264 e. The van der Waals surface area contributed by atoms with E-state index in [1.165, 1.54) is 11.1 Å². The molecule has 0 saturated carbocycles. The lowest BCUT2D eigenvalue weighted by molar-refractivity contribution is 0.0610. The van der Waals surface area contributed by atoms with Gasteiger partial charge in [-0.15, -0.1) is 11.3 Å². The lowest BCUT2D eigenvalue weighted by Gasteiger charge is -2.35. The van der Waals surface area contributed by atoms with Gasteiger partial charge in [0.25, 0.3) is 5.91 Å². The first kappa shape index (κ1) is 13.6. The van der Waals surface area contributed by atoms with Gasteiger partial charge in [0.1, 0.15) is 0 Å². The highest BCUT2D eigenvalue weighted by Crippen LogP contribution is 2.29. The number of carbonyl (C=O) groups excluding carboxylic acids is 1. The third-order valence-electron chi connectivity index (χ3n) is 4.02. The Morgan fingerprint density at radius 3 is 3.00 bits per heavy atom. The number of thiophene rings is 1. The molecule has 3 rings (SSSR count). The highest BCUT2D eigenvalue weighted by Gasteiger charge is 2.27. The molecule has 0 bridgehead atoms. The van der Waals surface area contributed by atoms with Crippen molar-refractivity contribution >= 4 is 27.3 Å². The van der Waals surface area contributed by atoms with Crippen molar-refractivity contribution in [3.63, 3.8) is 0 Å². The van der Waals surface area contributed by atoms with Gasteiger partial charge in [-0.2, -0.15) is 0 Å². The van der Waals surface area contributed by atoms with Crippen LogP contribution in [0.2, 0.25) is 0 Å². The van der Waals surface area contributed by atoms with Crippen LogP contribution < -0.4 is 5.73 Å². The van der Waals surface area contributed by atoms with Crippen LogP contribution in [-0.2, 0) is 0 Å². The van der Waals surface area contributed by atoms with E-state index in [1.54, 1.807) is 11.3 Å². The van der Waals surface area contributed by atoms with E-state index in [9.17, 15) is 4.79 Å². The third kappa shape index (κ3) is 2.58. The van der Waals surface area contributed by atoms with Crippen molar-refractivity contribution in [1.82, 2.24) is 4.90 Å². The molecule has 2 N–H and O–H groups in total. The number of rotatable bonds is 3. The molecule has 1 saturated heterocycles. The standard InChI is InChI=1S/C16H20N2OS/c17-9-8-13-6-3-4-10-18(13)16(19)15-11-12-5-1-2-7-14(12)20-15/h1-2,5,7,11,13H,3-4,6,8-10,17H2. The Morgan fingerprint density at radius 2 is 2.20 bits per heavy atom. The van der Waals surface area contributed by atoms with Crippen LogP contribution in [0.25, 0.3) is 10.1 Å². The van der Waals surface area contributed by atoms with Crippen LogP contribution in [0.15, 0.2) is 30.3 Å². The molecule has 1 aliphatic rings. The van der Waals surface area contributed by atoms with Crippen molar-refractivity contribution in [3.8, 4) is 0 Å². The van der Waals surface area contributed by atoms with E-state index in [1.807, 2.05) is 23.1 Å². The summed E-state index contributed by atoms with van der Waals surface area (Å²) in [4.78, 5) is 15.6. The van der Waals surface area contributed by atoms with Crippen LogP contribution in [-0.4, -0.2) is 29.9 Å². The van der Waals surface area contributed by atoms with Gasteiger partial charge in [-0.05, 0) is 49.7 Å². The molecule has 1 amide bonds. The van der Waals surface area contributed by atoms with Crippen molar-refractivity contribution < 1.29 is 4.79 Å². The zero-order valence-electron chi connectivity index (χ0n) is 11.5. The van der Waals surface area contributed by atoms with Crippen LogP contribution in [0.5, 0.6) is 0 Å². The number of amides is 1. The molecule has 1 unspecified atom stereocenters. The maximum absolute atomic E-state index is 12.8. The van der Waals surface area contributed by atoms with E-state index in [4.69, 9.17) is 5.73 Å². The molecule has 0 spiro atoms. The number of carbonyl (C=O) groups is 1. The number of fused-ring (bicyclic) bond motifs is 1. The number of benzene rings is 1. The summed E-state index contributed by atoms with van der Waals surface area (Å²) in [5.41, 5.74) is 5.69. The molecule has 1 aliphatic heterocycles. The zero-order valence-corrected chi connectivity index (χ0v) is 12.4. The monoisotopic (exact) mass is 288 g/mol. The summed E-state index contributed by atoms with van der Waals surface area (Å²) in [7, 11) is 0. The second-order valence-electron chi connectivity index (χ2n) is 5.37. The molecule has 106 valence electrons. The van der Waals surface area contributed by atoms with E-state index in [-0.39, 0.29) is 5.91 Å². The van der Waals surface area contributed by atoms with E-state index in [0.29, 0.717) is 12.6 Å². The zero-order chi connectivity index (χ0) is 13.9. The first-order chi connectivity index (χ1) is 9.79. The van der Waals surface area contributed by atoms with Crippen LogP contribution >= 0.6 is 11.3 Å². The lowest BCUT2D eigenvalue weighted by atomic mass is 9.99. The molecule has 2 heterocycles. The van der Waals surface area contributed by atoms with Crippen LogP contribution in [0.4, 0.5) is 0 Å². The fourth-order valence-electron chi connectivity index (χ4n) is 2.99. The van der Waals surface area contributed by atoms with Crippen molar-refractivity contribution in [2.75, 3.05) is 13.1 Å². The van der Waals surface area contributed by atoms with Gasteiger partial charge in [0.15, 0.2) is 0 Å². The van der Waals surface area contributed by atoms with Crippen LogP contribution in [0, 0.1) is 0 Å². The van der Waals surface area contributed by atoms with Gasteiger partial charge in [0, 0.05) is 17.3 Å². The summed E-state index contributed by atoms with van der Waals surface area (Å²) in [6.07, 6.45) is 4.32. The minimum absolute atomic E-state index is 0.185. The Bertz CT molecular complexity index is 572. The number of nitrogens with two attached hydrogens (primary N) is 1. The van der Waals surface area contributed by atoms with Crippen LogP contribution in [0.1, 0.15) is 35.4 Å². The molecular weight excluding hydrogens is 268 g/mol. The molecule has 1 aromatic heterocycles. The van der Waals surface area contributed by atoms with E-state index < -0.39 is 0 Å². The van der Waals surface area contributed by atoms with E-state index in [0.717, 1.165) is 36.1 Å². The fraction of sp³-hybridized carbons (Fsp3) is 0.438. The van der Waals surface area contributed by atoms with Gasteiger partial charge in [0.05, 0.1) is 4.88 Å². The number of hydrogen-bond donors (Lipinski definition) is 1. The molecule has 0 aliphatic carbocycles. The summed E-state index contributed by atoms with van der Waals surface area (Å²) in [5.74, 6) is 0.185. The van der Waals surface area contributed by atoms with Gasteiger partial charge in [-0.1, -0.05) is 18.2 Å². The SMILES string of the molecule is NCCC1CCCCN1C(=O)c1cc2ccccc2s1. The van der Waals surface area contributed by atoms with Gasteiger partial charge in [-0.3, -0.25) is 4.79 Å². The highest BCUT2D eigenvalue weighted by atomic mass is 32.1. The maximum atomic E-state index is 12.8. The Kier molecular flexibility index (Phi) is 4.03. The molecule has 4 heteroatoms. The van der Waals surface area contributed by atoms with Gasteiger partial charge >= 0.3 is 0 Å². The minimum atomic E-state index is 0.185. The first-order valence-corrected chi connectivity index (χ1v) is 8.11. The number of likely N-dealkylation sites (tertiary alicyclic amines) is 1. The molecule has 2 aromatic rings. The van der Waals surface area contributed by atoms with Gasteiger partial charge < -0.3 is 10.6 Å². The number of nitrogens with zero attached hydrogens (tertiary/aromatic N) is 1. The van der Waals surface area contributed by atoms with E-state index in [2.05, 4.69) is 12.1 Å². The Labute approximate surface area is 123 Å². The highest BCUT2D eigenvalue weighted by molar-refractivity contribution is 7.20. The lowest BCUT2D eigenvalue weighted by Crippen LogP contribution is -2.44. The van der Waals surface area contributed by atoms with Crippen molar-refractivity contribution in [2.45, 2.75) is 31.7 Å². The number of hydrogen-bond acceptors (Lipinski definition) is 3. The van der Waals surface area contributed by atoms with Crippen molar-refractivity contribution in [2.24, 2.45) is 5.73 Å². The third-order valence-corrected chi connectivity index (χ3v) is 5.13. The normalized spacial score (nSPS) is 19.4. The summed E-state index contributed by atoms with van der Waals surface area (Å²) in [6, 6.07) is 10.5. The van der Waals surface area contributed by atoms with Gasteiger partial charge in [-0.25, -0.2) is 0 Å². The quantitative estimate of drug-likeness (QED) is 0.942. The predicted octanol–water partition coefficient (Wildman–Crippen LogP) is 3.24. The Hall–Kier alpha value is -1.39. The average Bonchev–Trinajstić information content (AvgIpc) is 2.91. The fourth-order valence-corrected chi connectivity index (χ4v) is 4.01. The summed E-state index contributed by atoms with van der Waals surface area (Å²) < 4.78 is 1.18. The largest absolute Gasteiger partial charge is 0.335 e. The molecule has 20 heavy (non-hydrogen) atoms.